The summed E-state index contributed by atoms with van der Waals surface area (Å²) in [6.45, 7) is 0. The van der Waals surface area contributed by atoms with Gasteiger partial charge in [0.05, 0.1) is 10.2 Å². The van der Waals surface area contributed by atoms with Gasteiger partial charge in [-0.1, -0.05) is 0 Å². The fraction of sp³-hybridized carbons (Fsp3) is 0.250. The molecule has 1 aromatic carbocycles. The second-order valence-corrected chi connectivity index (χ2v) is 6.16. The molecular weight excluding hydrogens is 322 g/mol. The molecule has 1 atom stereocenters. The van der Waals surface area contributed by atoms with Gasteiger partial charge in [-0.15, -0.1) is 11.3 Å². The van der Waals surface area contributed by atoms with Crippen LogP contribution in [0.2, 0.25) is 0 Å². The Morgan fingerprint density at radius 3 is 2.89 bits per heavy atom. The van der Waals surface area contributed by atoms with Crippen molar-refractivity contribution in [3.8, 4) is 0 Å². The number of rotatable bonds is 1. The third-order valence-corrected chi connectivity index (χ3v) is 4.79. The van der Waals surface area contributed by atoms with Gasteiger partial charge in [0.1, 0.15) is 11.6 Å². The number of nitrogens with two attached hydrogens (primary N) is 1. The van der Waals surface area contributed by atoms with Gasteiger partial charge in [0.25, 0.3) is 0 Å². The van der Waals surface area contributed by atoms with Crippen LogP contribution in [0.15, 0.2) is 16.6 Å². The van der Waals surface area contributed by atoms with Crippen molar-refractivity contribution in [3.63, 3.8) is 0 Å². The zero-order valence-corrected chi connectivity index (χ0v) is 11.6. The average Bonchev–Trinajstić information content (AvgIpc) is 2.82. The first-order valence-electron chi connectivity index (χ1n) is 5.45. The standard InChI is InChI=1S/C12H9BrF2N2S/c13-7-3-6(8(14)4-9(7)15)5-1-2-10-11(5)18-12(16)17-10/h3-5H,1-2H2,(H2,16,17). The van der Waals surface area contributed by atoms with Gasteiger partial charge in [-0.2, -0.15) is 0 Å². The molecule has 2 nitrogen and oxygen atoms in total. The van der Waals surface area contributed by atoms with Crippen molar-refractivity contribution in [2.24, 2.45) is 0 Å². The third kappa shape index (κ3) is 1.83. The summed E-state index contributed by atoms with van der Waals surface area (Å²) < 4.78 is 27.4. The first-order chi connectivity index (χ1) is 8.56. The molecule has 1 heterocycles. The number of thiazole rings is 1. The number of fused-ring (bicyclic) bond motifs is 1. The quantitative estimate of drug-likeness (QED) is 0.807. The molecule has 0 bridgehead atoms. The summed E-state index contributed by atoms with van der Waals surface area (Å²) in [7, 11) is 0. The molecule has 2 aromatic rings. The lowest BCUT2D eigenvalue weighted by atomic mass is 9.98. The highest BCUT2D eigenvalue weighted by Crippen LogP contribution is 2.43. The number of benzene rings is 1. The van der Waals surface area contributed by atoms with Crippen LogP contribution in [0, 0.1) is 11.6 Å². The van der Waals surface area contributed by atoms with Crippen LogP contribution < -0.4 is 5.73 Å². The molecule has 18 heavy (non-hydrogen) atoms. The minimum Gasteiger partial charge on any atom is -0.375 e. The van der Waals surface area contributed by atoms with Crippen LogP contribution in [-0.4, -0.2) is 4.98 Å². The van der Waals surface area contributed by atoms with E-state index in [1.807, 2.05) is 0 Å². The van der Waals surface area contributed by atoms with Gasteiger partial charge in [0.15, 0.2) is 5.13 Å². The fourth-order valence-electron chi connectivity index (χ4n) is 2.35. The zero-order chi connectivity index (χ0) is 12.9. The number of hydrogen-bond donors (Lipinski definition) is 1. The predicted octanol–water partition coefficient (Wildman–Crippen LogP) is 3.84. The number of halogens is 3. The molecule has 1 aliphatic carbocycles. The number of nitrogen functional groups attached to an aromatic ring is 1. The van der Waals surface area contributed by atoms with E-state index in [0.717, 1.165) is 29.5 Å². The molecule has 1 aliphatic rings. The van der Waals surface area contributed by atoms with Crippen LogP contribution in [0.3, 0.4) is 0 Å². The van der Waals surface area contributed by atoms with E-state index in [9.17, 15) is 8.78 Å². The predicted molar refractivity (Wildman–Crippen MR) is 70.7 cm³/mol. The largest absolute Gasteiger partial charge is 0.375 e. The molecule has 0 fully saturated rings. The monoisotopic (exact) mass is 330 g/mol. The molecular formula is C12H9BrF2N2S. The first-order valence-corrected chi connectivity index (χ1v) is 7.06. The lowest BCUT2D eigenvalue weighted by Crippen LogP contribution is -2.00. The Hall–Kier alpha value is -1.01. The highest BCUT2D eigenvalue weighted by atomic mass is 79.9. The van der Waals surface area contributed by atoms with E-state index in [2.05, 4.69) is 20.9 Å². The van der Waals surface area contributed by atoms with Crippen LogP contribution in [0.5, 0.6) is 0 Å². The summed E-state index contributed by atoms with van der Waals surface area (Å²) in [6, 6.07) is 2.43. The van der Waals surface area contributed by atoms with E-state index in [1.54, 1.807) is 0 Å². The SMILES string of the molecule is Nc1nc2c(s1)C(c1cc(Br)c(F)cc1F)CC2. The minimum absolute atomic E-state index is 0.0632. The number of aryl methyl sites for hydroxylation is 1. The molecule has 1 aromatic heterocycles. The Labute approximate surface area is 115 Å². The number of hydrogen-bond acceptors (Lipinski definition) is 3. The number of aromatic nitrogens is 1. The van der Waals surface area contributed by atoms with Crippen molar-refractivity contribution in [2.75, 3.05) is 5.73 Å². The third-order valence-electron chi connectivity index (χ3n) is 3.15. The topological polar surface area (TPSA) is 38.9 Å². The van der Waals surface area contributed by atoms with E-state index in [4.69, 9.17) is 5.73 Å². The van der Waals surface area contributed by atoms with Gasteiger partial charge in [0.2, 0.25) is 0 Å². The summed E-state index contributed by atoms with van der Waals surface area (Å²) in [5.74, 6) is -1.16. The fourth-order valence-corrected chi connectivity index (χ4v) is 3.74. The van der Waals surface area contributed by atoms with Crippen LogP contribution in [0.25, 0.3) is 0 Å². The molecule has 0 amide bonds. The van der Waals surface area contributed by atoms with Crippen molar-refractivity contribution in [3.05, 3.63) is 44.4 Å². The van der Waals surface area contributed by atoms with E-state index < -0.39 is 11.6 Å². The lowest BCUT2D eigenvalue weighted by Gasteiger charge is -2.12. The first kappa shape index (κ1) is 12.0. The Balaban J connectivity index is 2.09. The normalized spacial score (nSPS) is 18.1. The summed E-state index contributed by atoms with van der Waals surface area (Å²) in [5.41, 5.74) is 7.12. The summed E-state index contributed by atoms with van der Waals surface area (Å²) in [5, 5.41) is 0.506. The lowest BCUT2D eigenvalue weighted by molar-refractivity contribution is 0.560. The van der Waals surface area contributed by atoms with Crippen molar-refractivity contribution >= 4 is 32.4 Å². The van der Waals surface area contributed by atoms with Crippen LogP contribution >= 0.6 is 27.3 Å². The molecule has 0 spiro atoms. The molecule has 0 radical (unpaired) electrons. The molecule has 0 saturated carbocycles. The second kappa shape index (κ2) is 4.28. The van der Waals surface area contributed by atoms with Crippen LogP contribution in [0.1, 0.15) is 28.5 Å². The van der Waals surface area contributed by atoms with Crippen molar-refractivity contribution in [1.29, 1.82) is 0 Å². The number of nitrogens with zero attached hydrogens (tertiary/aromatic N) is 1. The van der Waals surface area contributed by atoms with E-state index in [0.29, 0.717) is 10.7 Å². The Bertz CT molecular complexity index is 627. The maximum atomic E-state index is 13.9. The highest BCUT2D eigenvalue weighted by molar-refractivity contribution is 9.10. The molecule has 1 unspecified atom stereocenters. The van der Waals surface area contributed by atoms with Gasteiger partial charge >= 0.3 is 0 Å². The smallest absolute Gasteiger partial charge is 0.180 e. The Morgan fingerprint density at radius 2 is 2.11 bits per heavy atom. The van der Waals surface area contributed by atoms with Gasteiger partial charge in [0, 0.05) is 16.9 Å². The second-order valence-electron chi connectivity index (χ2n) is 4.24. The molecule has 0 aliphatic heterocycles. The van der Waals surface area contributed by atoms with Crippen LogP contribution in [0.4, 0.5) is 13.9 Å². The Kier molecular flexibility index (Phi) is 2.86. The van der Waals surface area contributed by atoms with E-state index in [1.165, 1.54) is 17.4 Å². The summed E-state index contributed by atoms with van der Waals surface area (Å²) in [6.07, 6.45) is 1.59. The van der Waals surface area contributed by atoms with Gasteiger partial charge in [-0.05, 0) is 40.4 Å². The molecule has 2 N–H and O–H groups in total. The summed E-state index contributed by atoms with van der Waals surface area (Å²) >= 11 is 4.48. The van der Waals surface area contributed by atoms with Gasteiger partial charge in [-0.25, -0.2) is 13.8 Å². The maximum Gasteiger partial charge on any atom is 0.180 e. The molecule has 3 rings (SSSR count). The summed E-state index contributed by atoms with van der Waals surface area (Å²) in [4.78, 5) is 5.23. The molecule has 94 valence electrons. The van der Waals surface area contributed by atoms with Gasteiger partial charge in [-0.3, -0.25) is 0 Å². The highest BCUT2D eigenvalue weighted by Gasteiger charge is 2.30. The zero-order valence-electron chi connectivity index (χ0n) is 9.21. The van der Waals surface area contributed by atoms with Crippen molar-refractivity contribution < 1.29 is 8.78 Å². The Morgan fingerprint density at radius 1 is 1.33 bits per heavy atom. The number of anilines is 1. The van der Waals surface area contributed by atoms with E-state index >= 15 is 0 Å². The van der Waals surface area contributed by atoms with Crippen molar-refractivity contribution in [2.45, 2.75) is 18.8 Å². The average molecular weight is 331 g/mol. The molecule has 6 heteroatoms. The van der Waals surface area contributed by atoms with E-state index in [-0.39, 0.29) is 10.4 Å². The van der Waals surface area contributed by atoms with Crippen molar-refractivity contribution in [1.82, 2.24) is 4.98 Å². The minimum atomic E-state index is -0.585. The van der Waals surface area contributed by atoms with Crippen LogP contribution in [-0.2, 0) is 6.42 Å². The van der Waals surface area contributed by atoms with Gasteiger partial charge < -0.3 is 5.73 Å². The maximum absolute atomic E-state index is 13.9. The molecule has 0 saturated heterocycles.